The van der Waals surface area contributed by atoms with Crippen molar-refractivity contribution < 1.29 is 18.8 Å². The van der Waals surface area contributed by atoms with Gasteiger partial charge in [-0.25, -0.2) is 14.4 Å². The number of pyridine rings is 1. The highest BCUT2D eigenvalue weighted by Gasteiger charge is 2.58. The lowest BCUT2D eigenvalue weighted by Crippen LogP contribution is -2.62. The number of amides is 3. The predicted octanol–water partition coefficient (Wildman–Crippen LogP) is 2.47. The fraction of sp³-hybridized carbons (Fsp3) is 0.542. The quantitative estimate of drug-likeness (QED) is 0.732. The van der Waals surface area contributed by atoms with Crippen LogP contribution in [0.3, 0.4) is 0 Å². The minimum absolute atomic E-state index is 0.126. The number of carbonyl (C=O) groups is 3. The van der Waals surface area contributed by atoms with E-state index in [0.717, 1.165) is 31.2 Å². The maximum Gasteiger partial charge on any atom is 0.276 e. The zero-order valence-corrected chi connectivity index (χ0v) is 19.9. The largest absolute Gasteiger partial charge is 0.333 e. The number of nitrogens with zero attached hydrogens (tertiary/aromatic N) is 5. The highest BCUT2D eigenvalue weighted by molar-refractivity contribution is 6.11. The van der Waals surface area contributed by atoms with Crippen LogP contribution in [0.4, 0.5) is 10.2 Å². The number of hydrogen-bond acceptors (Lipinski definition) is 6. The molecule has 4 aliphatic rings. The van der Waals surface area contributed by atoms with Gasteiger partial charge in [0.05, 0.1) is 24.9 Å². The molecule has 1 aromatic rings. The summed E-state index contributed by atoms with van der Waals surface area (Å²) in [5.74, 6) is -1.19. The van der Waals surface area contributed by atoms with Gasteiger partial charge in [0.2, 0.25) is 5.91 Å². The zero-order chi connectivity index (χ0) is 24.4. The molecule has 1 saturated carbocycles. The maximum atomic E-state index is 13.5. The molecule has 5 rings (SSSR count). The van der Waals surface area contributed by atoms with E-state index in [1.165, 1.54) is 17.1 Å². The summed E-state index contributed by atoms with van der Waals surface area (Å²) in [6, 6.07) is 2.71. The van der Waals surface area contributed by atoms with Crippen LogP contribution in [0.25, 0.3) is 0 Å². The number of nitrogens with one attached hydrogen (secondary N) is 1. The van der Waals surface area contributed by atoms with Gasteiger partial charge in [0.15, 0.2) is 0 Å². The molecule has 0 bridgehead atoms. The maximum absolute atomic E-state index is 13.5. The van der Waals surface area contributed by atoms with E-state index in [-0.39, 0.29) is 42.2 Å². The summed E-state index contributed by atoms with van der Waals surface area (Å²) < 4.78 is 13.2. The summed E-state index contributed by atoms with van der Waals surface area (Å²) in [6.45, 7) is 8.00. The van der Waals surface area contributed by atoms with E-state index in [0.29, 0.717) is 17.7 Å². The molecule has 1 aromatic heterocycles. The van der Waals surface area contributed by atoms with Crippen LogP contribution in [-0.4, -0.2) is 68.0 Å². The number of hydrazone groups is 1. The van der Waals surface area contributed by atoms with Gasteiger partial charge in [0.1, 0.15) is 23.0 Å². The second-order valence-corrected chi connectivity index (χ2v) is 10.6. The molecule has 180 valence electrons. The van der Waals surface area contributed by atoms with Gasteiger partial charge in [-0.05, 0) is 38.3 Å². The van der Waals surface area contributed by atoms with Crippen LogP contribution in [0.1, 0.15) is 53.4 Å². The smallest absolute Gasteiger partial charge is 0.276 e. The molecule has 3 aliphatic heterocycles. The van der Waals surface area contributed by atoms with Gasteiger partial charge in [0.25, 0.3) is 11.8 Å². The molecule has 0 aromatic carbocycles. The summed E-state index contributed by atoms with van der Waals surface area (Å²) >= 11 is 0. The first-order valence-corrected chi connectivity index (χ1v) is 11.6. The second-order valence-electron chi connectivity index (χ2n) is 10.6. The molecule has 4 heterocycles. The number of hydrogen-bond donors (Lipinski definition) is 1. The molecule has 10 heteroatoms. The Hall–Kier alpha value is -3.30. The summed E-state index contributed by atoms with van der Waals surface area (Å²) in [4.78, 5) is 47.5. The van der Waals surface area contributed by atoms with Crippen molar-refractivity contribution in [2.45, 2.75) is 65.1 Å². The Morgan fingerprint density at radius 3 is 2.56 bits per heavy atom. The molecule has 1 unspecified atom stereocenters. The lowest BCUT2D eigenvalue weighted by Gasteiger charge is -2.47. The number of fused-ring (bicyclic) bond motifs is 1. The summed E-state index contributed by atoms with van der Waals surface area (Å²) in [5, 5.41) is 8.81. The van der Waals surface area contributed by atoms with Crippen molar-refractivity contribution in [2.75, 3.05) is 18.4 Å². The molecule has 1 atom stereocenters. The van der Waals surface area contributed by atoms with E-state index >= 15 is 0 Å². The van der Waals surface area contributed by atoms with E-state index in [2.05, 4.69) is 15.4 Å². The first kappa shape index (κ1) is 22.5. The van der Waals surface area contributed by atoms with Gasteiger partial charge in [-0.15, -0.1) is 0 Å². The SMILES string of the molecule is CC(C)(C)C1=NN2C(=O)C3=C(C(=O)N(C4CCC4)C3)N(CC(=O)Nc3ccc(F)cn3)C2(C)C1. The molecule has 1 aliphatic carbocycles. The average Bonchev–Trinajstić information content (AvgIpc) is 3.25. The molecule has 9 nitrogen and oxygen atoms in total. The van der Waals surface area contributed by atoms with Crippen LogP contribution in [0, 0.1) is 11.2 Å². The molecule has 0 radical (unpaired) electrons. The van der Waals surface area contributed by atoms with E-state index in [1.807, 2.05) is 27.7 Å². The minimum Gasteiger partial charge on any atom is -0.333 e. The fourth-order valence-corrected chi connectivity index (χ4v) is 4.96. The Bertz CT molecular complexity index is 1130. The first-order chi connectivity index (χ1) is 16.0. The lowest BCUT2D eigenvalue weighted by atomic mass is 9.84. The van der Waals surface area contributed by atoms with Crippen LogP contribution in [0.2, 0.25) is 0 Å². The van der Waals surface area contributed by atoms with Gasteiger partial charge >= 0.3 is 0 Å². The van der Waals surface area contributed by atoms with Gasteiger partial charge in [-0.1, -0.05) is 20.8 Å². The highest BCUT2D eigenvalue weighted by Crippen LogP contribution is 2.46. The van der Waals surface area contributed by atoms with Gasteiger partial charge in [-0.3, -0.25) is 14.4 Å². The van der Waals surface area contributed by atoms with Crippen molar-refractivity contribution in [3.05, 3.63) is 35.4 Å². The van der Waals surface area contributed by atoms with Crippen LogP contribution in [0.15, 0.2) is 34.7 Å². The van der Waals surface area contributed by atoms with E-state index in [4.69, 9.17) is 0 Å². The number of anilines is 1. The monoisotopic (exact) mass is 468 g/mol. The van der Waals surface area contributed by atoms with Crippen molar-refractivity contribution in [3.63, 3.8) is 0 Å². The molecule has 3 amide bonds. The third kappa shape index (κ3) is 3.47. The molecule has 34 heavy (non-hydrogen) atoms. The molecule has 1 fully saturated rings. The van der Waals surface area contributed by atoms with Gasteiger partial charge in [0, 0.05) is 23.6 Å². The standard InChI is InChI=1S/C24H29FN6O3/c1-23(2,3)17-10-24(4)30(13-19(32)27-18-9-8-14(25)11-26-18)20-16(21(33)31(24)28-17)12-29(22(20)34)15-6-5-7-15/h8-9,11,15H,5-7,10,12-13H2,1-4H3,(H,26,27,32). The zero-order valence-electron chi connectivity index (χ0n) is 19.9. The van der Waals surface area contributed by atoms with E-state index < -0.39 is 17.4 Å². The van der Waals surface area contributed by atoms with Gasteiger partial charge in [-0.2, -0.15) is 5.10 Å². The van der Waals surface area contributed by atoms with Crippen LogP contribution in [-0.2, 0) is 14.4 Å². The summed E-state index contributed by atoms with van der Waals surface area (Å²) in [5.41, 5.74) is 0.249. The lowest BCUT2D eigenvalue weighted by molar-refractivity contribution is -0.146. The Balaban J connectivity index is 1.49. The molecule has 0 spiro atoms. The molecular weight excluding hydrogens is 439 g/mol. The Morgan fingerprint density at radius 1 is 1.24 bits per heavy atom. The number of carbonyl (C=O) groups excluding carboxylic acids is 3. The van der Waals surface area contributed by atoms with Crippen molar-refractivity contribution in [1.82, 2.24) is 19.8 Å². The van der Waals surface area contributed by atoms with Gasteiger partial charge < -0.3 is 15.1 Å². The normalized spacial score (nSPS) is 24.9. The third-order valence-electron chi connectivity index (χ3n) is 7.24. The Labute approximate surface area is 197 Å². The highest BCUT2D eigenvalue weighted by atomic mass is 19.1. The van der Waals surface area contributed by atoms with Crippen molar-refractivity contribution in [3.8, 4) is 0 Å². The van der Waals surface area contributed by atoms with Crippen LogP contribution < -0.4 is 5.32 Å². The fourth-order valence-electron chi connectivity index (χ4n) is 4.96. The van der Waals surface area contributed by atoms with E-state index in [1.54, 1.807) is 9.80 Å². The molecular formula is C24H29FN6O3. The Kier molecular flexibility index (Phi) is 5.03. The summed E-state index contributed by atoms with van der Waals surface area (Å²) in [7, 11) is 0. The summed E-state index contributed by atoms with van der Waals surface area (Å²) in [6.07, 6.45) is 4.34. The van der Waals surface area contributed by atoms with Crippen molar-refractivity contribution in [1.29, 1.82) is 0 Å². The van der Waals surface area contributed by atoms with Crippen molar-refractivity contribution >= 4 is 29.3 Å². The third-order valence-corrected chi connectivity index (χ3v) is 7.24. The number of aromatic nitrogens is 1. The Morgan fingerprint density at radius 2 is 1.97 bits per heavy atom. The number of halogens is 1. The molecule has 0 saturated heterocycles. The second kappa shape index (κ2) is 7.61. The topological polar surface area (TPSA) is 98.2 Å². The van der Waals surface area contributed by atoms with E-state index in [9.17, 15) is 18.8 Å². The minimum atomic E-state index is -0.989. The average molecular weight is 469 g/mol. The van der Waals surface area contributed by atoms with Crippen molar-refractivity contribution in [2.24, 2.45) is 10.5 Å². The first-order valence-electron chi connectivity index (χ1n) is 11.6. The molecule has 1 N–H and O–H groups in total. The van der Waals surface area contributed by atoms with Crippen LogP contribution in [0.5, 0.6) is 0 Å². The number of rotatable bonds is 4. The van der Waals surface area contributed by atoms with Crippen LogP contribution >= 0.6 is 0 Å². The predicted molar refractivity (Wildman–Crippen MR) is 123 cm³/mol.